The first kappa shape index (κ1) is 24.0. The number of fused-ring (bicyclic) bond motifs is 1. The Morgan fingerprint density at radius 3 is 2.55 bits per heavy atom. The van der Waals surface area contributed by atoms with Gasteiger partial charge in [-0.25, -0.2) is 4.98 Å². The first-order valence-electron chi connectivity index (χ1n) is 10.4. The van der Waals surface area contributed by atoms with E-state index in [9.17, 15) is 27.6 Å². The summed E-state index contributed by atoms with van der Waals surface area (Å²) >= 11 is 0. The molecule has 3 aromatic rings. The number of rotatable bonds is 8. The predicted molar refractivity (Wildman–Crippen MR) is 118 cm³/mol. The molecule has 0 aliphatic heterocycles. The molecule has 0 fully saturated rings. The van der Waals surface area contributed by atoms with Crippen molar-refractivity contribution in [3.05, 3.63) is 70.1 Å². The van der Waals surface area contributed by atoms with Gasteiger partial charge in [-0.2, -0.15) is 13.2 Å². The van der Waals surface area contributed by atoms with E-state index >= 15 is 0 Å². The summed E-state index contributed by atoms with van der Waals surface area (Å²) in [5.41, 5.74) is -0.457. The highest BCUT2D eigenvalue weighted by molar-refractivity contribution is 5.91. The molecule has 7 nitrogen and oxygen atoms in total. The molecule has 0 aliphatic rings. The van der Waals surface area contributed by atoms with E-state index in [1.54, 1.807) is 24.3 Å². The zero-order chi connectivity index (χ0) is 24.0. The Balaban J connectivity index is 1.84. The van der Waals surface area contributed by atoms with Crippen LogP contribution in [0.1, 0.15) is 31.0 Å². The van der Waals surface area contributed by atoms with Gasteiger partial charge in [-0.05, 0) is 36.8 Å². The largest absolute Gasteiger partial charge is 0.416 e. The molecule has 3 rings (SSSR count). The zero-order valence-corrected chi connectivity index (χ0v) is 17.9. The lowest BCUT2D eigenvalue weighted by molar-refractivity contribution is -0.137. The Morgan fingerprint density at radius 1 is 1.06 bits per heavy atom. The SMILES string of the molecule is CCCNC(=O)CCc1nc2ccccc2n(CC(=O)Nc2cccc(C(F)(F)F)c2)c1=O. The minimum atomic E-state index is -4.54. The highest BCUT2D eigenvalue weighted by Gasteiger charge is 2.30. The summed E-state index contributed by atoms with van der Waals surface area (Å²) in [7, 11) is 0. The first-order chi connectivity index (χ1) is 15.7. The number of hydrogen-bond donors (Lipinski definition) is 2. The fraction of sp³-hybridized carbons (Fsp3) is 0.304. The van der Waals surface area contributed by atoms with Gasteiger partial charge in [0.15, 0.2) is 0 Å². The number of aryl methyl sites for hydroxylation is 1. The maximum Gasteiger partial charge on any atom is 0.416 e. The molecule has 0 saturated carbocycles. The quantitative estimate of drug-likeness (QED) is 0.538. The van der Waals surface area contributed by atoms with Crippen LogP contribution in [0.5, 0.6) is 0 Å². The number of halogens is 3. The summed E-state index contributed by atoms with van der Waals surface area (Å²) in [5, 5.41) is 5.13. The van der Waals surface area contributed by atoms with Crippen molar-refractivity contribution in [3.63, 3.8) is 0 Å². The van der Waals surface area contributed by atoms with Crippen LogP contribution in [-0.2, 0) is 28.7 Å². The Labute approximate surface area is 187 Å². The summed E-state index contributed by atoms with van der Waals surface area (Å²) in [6.07, 6.45) is -3.60. The predicted octanol–water partition coefficient (Wildman–Crippen LogP) is 3.51. The zero-order valence-electron chi connectivity index (χ0n) is 17.9. The fourth-order valence-electron chi connectivity index (χ4n) is 3.27. The van der Waals surface area contributed by atoms with E-state index in [0.717, 1.165) is 18.6 Å². The first-order valence-corrected chi connectivity index (χ1v) is 10.4. The third-order valence-corrected chi connectivity index (χ3v) is 4.86. The molecule has 2 N–H and O–H groups in total. The number of para-hydroxylation sites is 2. The van der Waals surface area contributed by atoms with Crippen LogP contribution < -0.4 is 16.2 Å². The van der Waals surface area contributed by atoms with Gasteiger partial charge in [0.05, 0.1) is 16.6 Å². The molecule has 174 valence electrons. The lowest BCUT2D eigenvalue weighted by atomic mass is 10.2. The lowest BCUT2D eigenvalue weighted by Crippen LogP contribution is -2.32. The summed E-state index contributed by atoms with van der Waals surface area (Å²) in [5.74, 6) is -0.875. The van der Waals surface area contributed by atoms with Crippen molar-refractivity contribution in [1.29, 1.82) is 0 Å². The van der Waals surface area contributed by atoms with E-state index in [-0.39, 0.29) is 30.1 Å². The fourth-order valence-corrected chi connectivity index (χ4v) is 3.27. The van der Waals surface area contributed by atoms with E-state index in [1.807, 2.05) is 6.92 Å². The number of carbonyl (C=O) groups excluding carboxylic acids is 2. The number of benzene rings is 2. The van der Waals surface area contributed by atoms with E-state index in [0.29, 0.717) is 17.6 Å². The molecule has 0 unspecified atom stereocenters. The van der Waals surface area contributed by atoms with Gasteiger partial charge in [-0.1, -0.05) is 25.1 Å². The molecule has 0 bridgehead atoms. The number of alkyl halides is 3. The smallest absolute Gasteiger partial charge is 0.356 e. The minimum absolute atomic E-state index is 0.0333. The Kier molecular flexibility index (Phi) is 7.47. The molecule has 10 heteroatoms. The van der Waals surface area contributed by atoms with E-state index in [2.05, 4.69) is 15.6 Å². The normalized spacial score (nSPS) is 11.4. The monoisotopic (exact) mass is 460 g/mol. The van der Waals surface area contributed by atoms with Gasteiger partial charge >= 0.3 is 6.18 Å². The second-order valence-corrected chi connectivity index (χ2v) is 7.42. The van der Waals surface area contributed by atoms with Crippen LogP contribution in [0, 0.1) is 0 Å². The van der Waals surface area contributed by atoms with Crippen molar-refractivity contribution < 1.29 is 22.8 Å². The van der Waals surface area contributed by atoms with Crippen molar-refractivity contribution in [3.8, 4) is 0 Å². The number of amides is 2. The summed E-state index contributed by atoms with van der Waals surface area (Å²) < 4.78 is 40.0. The van der Waals surface area contributed by atoms with E-state index in [1.165, 1.54) is 16.7 Å². The van der Waals surface area contributed by atoms with Crippen molar-refractivity contribution in [2.45, 2.75) is 38.9 Å². The number of anilines is 1. The van der Waals surface area contributed by atoms with Crippen molar-refractivity contribution in [1.82, 2.24) is 14.9 Å². The molecule has 0 atom stereocenters. The number of nitrogens with zero attached hydrogens (tertiary/aromatic N) is 2. The molecule has 1 aromatic heterocycles. The summed E-state index contributed by atoms with van der Waals surface area (Å²) in [4.78, 5) is 41.9. The molecule has 0 radical (unpaired) electrons. The van der Waals surface area contributed by atoms with Gasteiger partial charge in [0.2, 0.25) is 11.8 Å². The molecular weight excluding hydrogens is 437 g/mol. The van der Waals surface area contributed by atoms with Crippen molar-refractivity contribution in [2.24, 2.45) is 0 Å². The standard InChI is InChI=1S/C23H23F3N4O3/c1-2-12-27-20(31)11-10-18-22(33)30(19-9-4-3-8-17(19)29-18)14-21(32)28-16-7-5-6-15(13-16)23(24,25)26/h3-9,13H,2,10-12,14H2,1H3,(H,27,31)(H,28,32). The number of aromatic nitrogens is 2. The molecule has 2 aromatic carbocycles. The van der Waals surface area contributed by atoms with Crippen molar-refractivity contribution in [2.75, 3.05) is 11.9 Å². The molecule has 0 aliphatic carbocycles. The number of nitrogens with one attached hydrogen (secondary N) is 2. The lowest BCUT2D eigenvalue weighted by Gasteiger charge is -2.13. The maximum absolute atomic E-state index is 13.0. The van der Waals surface area contributed by atoms with Gasteiger partial charge in [0.1, 0.15) is 12.2 Å². The second-order valence-electron chi connectivity index (χ2n) is 7.42. The van der Waals surface area contributed by atoms with Gasteiger partial charge in [-0.3, -0.25) is 19.0 Å². The molecule has 0 saturated heterocycles. The van der Waals surface area contributed by atoms with Gasteiger partial charge in [0.25, 0.3) is 5.56 Å². The third-order valence-electron chi connectivity index (χ3n) is 4.86. The second kappa shape index (κ2) is 10.3. The average molecular weight is 460 g/mol. The molecule has 2 amide bonds. The molecule has 0 spiro atoms. The van der Waals surface area contributed by atoms with Crippen LogP contribution in [-0.4, -0.2) is 27.9 Å². The maximum atomic E-state index is 13.0. The Morgan fingerprint density at radius 2 is 1.82 bits per heavy atom. The summed E-state index contributed by atoms with van der Waals surface area (Å²) in [6.45, 7) is 2.03. The van der Waals surface area contributed by atoms with Crippen LogP contribution in [0.2, 0.25) is 0 Å². The highest BCUT2D eigenvalue weighted by Crippen LogP contribution is 2.30. The number of carbonyl (C=O) groups is 2. The van der Waals surface area contributed by atoms with Crippen molar-refractivity contribution >= 4 is 28.5 Å². The molecule has 1 heterocycles. The van der Waals surface area contributed by atoms with Crippen LogP contribution in [0.15, 0.2) is 53.3 Å². The third kappa shape index (κ3) is 6.18. The van der Waals surface area contributed by atoms with Crippen LogP contribution in [0.25, 0.3) is 11.0 Å². The van der Waals surface area contributed by atoms with Crippen LogP contribution >= 0.6 is 0 Å². The van der Waals surface area contributed by atoms with E-state index in [4.69, 9.17) is 0 Å². The van der Waals surface area contributed by atoms with Crippen LogP contribution in [0.3, 0.4) is 0 Å². The topological polar surface area (TPSA) is 93.1 Å². The van der Waals surface area contributed by atoms with Crippen LogP contribution in [0.4, 0.5) is 18.9 Å². The Hall–Kier alpha value is -3.69. The highest BCUT2D eigenvalue weighted by atomic mass is 19.4. The molecule has 33 heavy (non-hydrogen) atoms. The number of hydrogen-bond acceptors (Lipinski definition) is 4. The van der Waals surface area contributed by atoms with E-state index < -0.39 is 29.8 Å². The van der Waals surface area contributed by atoms with Gasteiger partial charge in [-0.15, -0.1) is 0 Å². The summed E-state index contributed by atoms with van der Waals surface area (Å²) in [6, 6.07) is 11.0. The van der Waals surface area contributed by atoms with Gasteiger partial charge < -0.3 is 10.6 Å². The molecular formula is C23H23F3N4O3. The minimum Gasteiger partial charge on any atom is -0.356 e. The Bertz CT molecular complexity index is 1220. The average Bonchev–Trinajstić information content (AvgIpc) is 2.78. The van der Waals surface area contributed by atoms with Gasteiger partial charge in [0, 0.05) is 25.1 Å².